The van der Waals surface area contributed by atoms with Crippen molar-refractivity contribution in [1.82, 2.24) is 0 Å². The van der Waals surface area contributed by atoms with Crippen LogP contribution in [-0.2, 0) is 0 Å². The summed E-state index contributed by atoms with van der Waals surface area (Å²) < 4.78 is 6.82. The summed E-state index contributed by atoms with van der Waals surface area (Å²) in [6.45, 7) is 0. The average molecular weight is 521 g/mol. The molecule has 0 amide bonds. The van der Waals surface area contributed by atoms with Gasteiger partial charge in [-0.2, -0.15) is 0 Å². The van der Waals surface area contributed by atoms with Gasteiger partial charge in [-0.1, -0.05) is 121 Å². The van der Waals surface area contributed by atoms with Crippen molar-refractivity contribution in [2.75, 3.05) is 0 Å². The van der Waals surface area contributed by atoms with Gasteiger partial charge in [0.15, 0.2) is 0 Å². The smallest absolute Gasteiger partial charge is 0.143 e. The fraction of sp³-hybridized carbons (Fsp3) is 0. The summed E-state index contributed by atoms with van der Waals surface area (Å²) in [5, 5.41) is 12.2. The van der Waals surface area contributed by atoms with E-state index in [2.05, 4.69) is 146 Å². The van der Waals surface area contributed by atoms with E-state index in [0.29, 0.717) is 0 Å². The molecule has 0 aliphatic heterocycles. The van der Waals surface area contributed by atoms with Crippen molar-refractivity contribution >= 4 is 65.0 Å². The number of fused-ring (bicyclic) bond motifs is 7. The molecule has 0 aliphatic carbocycles. The van der Waals surface area contributed by atoms with Crippen LogP contribution in [0.4, 0.5) is 0 Å². The van der Waals surface area contributed by atoms with Gasteiger partial charge in [0.05, 0.1) is 0 Å². The predicted molar refractivity (Wildman–Crippen MR) is 175 cm³/mol. The van der Waals surface area contributed by atoms with Crippen molar-refractivity contribution < 1.29 is 4.42 Å². The molecule has 1 nitrogen and oxygen atoms in total. The molecule has 1 aromatic heterocycles. The quantitative estimate of drug-likeness (QED) is 0.207. The number of hydrogen-bond donors (Lipinski definition) is 0. The van der Waals surface area contributed by atoms with Gasteiger partial charge < -0.3 is 4.42 Å². The molecular weight excluding hydrogens is 496 g/mol. The molecule has 0 fully saturated rings. The molecule has 0 atom stereocenters. The average Bonchev–Trinajstić information content (AvgIpc) is 3.40. The monoisotopic (exact) mass is 520 g/mol. The maximum atomic E-state index is 6.82. The number of benzene rings is 8. The molecule has 190 valence electrons. The number of hydrogen-bond acceptors (Lipinski definition) is 1. The minimum absolute atomic E-state index is 0.909. The summed E-state index contributed by atoms with van der Waals surface area (Å²) in [5.74, 6) is 0. The Kier molecular flexibility index (Phi) is 4.67. The predicted octanol–water partition coefficient (Wildman–Crippen LogP) is 11.5. The second-order valence-corrected chi connectivity index (χ2v) is 10.9. The Morgan fingerprint density at radius 2 is 0.829 bits per heavy atom. The van der Waals surface area contributed by atoms with E-state index in [4.69, 9.17) is 4.42 Å². The van der Waals surface area contributed by atoms with Crippen molar-refractivity contribution in [1.29, 1.82) is 0 Å². The van der Waals surface area contributed by atoms with E-state index < -0.39 is 0 Å². The Morgan fingerprint density at radius 3 is 1.39 bits per heavy atom. The summed E-state index contributed by atoms with van der Waals surface area (Å²) in [6.07, 6.45) is 0. The SMILES string of the molecule is c1ccc2c(-c3ccc4c(c3)oc3c(-c5c6ccccc6cc6ccccc56)cccc34)c3ccccc3cc2c1. The highest BCUT2D eigenvalue weighted by atomic mass is 16.3. The van der Waals surface area contributed by atoms with Crippen LogP contribution < -0.4 is 0 Å². The lowest BCUT2D eigenvalue weighted by molar-refractivity contribution is 0.670. The zero-order chi connectivity index (χ0) is 26.9. The van der Waals surface area contributed by atoms with Crippen molar-refractivity contribution in [2.24, 2.45) is 0 Å². The third-order valence-electron chi connectivity index (χ3n) is 8.60. The van der Waals surface area contributed by atoms with E-state index in [-0.39, 0.29) is 0 Å². The first-order valence-electron chi connectivity index (χ1n) is 14.1. The first-order valence-corrected chi connectivity index (χ1v) is 14.1. The van der Waals surface area contributed by atoms with Crippen LogP contribution in [0.3, 0.4) is 0 Å². The molecule has 8 aromatic carbocycles. The highest BCUT2D eigenvalue weighted by Crippen LogP contribution is 2.44. The van der Waals surface area contributed by atoms with Crippen LogP contribution in [0.25, 0.3) is 87.3 Å². The third-order valence-corrected chi connectivity index (χ3v) is 8.60. The van der Waals surface area contributed by atoms with Gasteiger partial charge in [0.1, 0.15) is 11.2 Å². The van der Waals surface area contributed by atoms with Gasteiger partial charge in [-0.3, -0.25) is 0 Å². The Hall–Kier alpha value is -5.40. The van der Waals surface area contributed by atoms with Gasteiger partial charge >= 0.3 is 0 Å². The Bertz CT molecular complexity index is 2370. The molecule has 1 heteroatoms. The van der Waals surface area contributed by atoms with Gasteiger partial charge in [-0.05, 0) is 78.5 Å². The zero-order valence-corrected chi connectivity index (χ0v) is 22.3. The molecule has 1 heterocycles. The maximum absolute atomic E-state index is 6.82. The molecular formula is C40H24O. The zero-order valence-electron chi connectivity index (χ0n) is 22.3. The van der Waals surface area contributed by atoms with Gasteiger partial charge in [0, 0.05) is 21.9 Å². The largest absolute Gasteiger partial charge is 0.455 e. The van der Waals surface area contributed by atoms with Gasteiger partial charge in [0.25, 0.3) is 0 Å². The lowest BCUT2D eigenvalue weighted by atomic mass is 9.91. The first-order chi connectivity index (χ1) is 20.3. The molecule has 0 unspecified atom stereocenters. The van der Waals surface area contributed by atoms with Crippen LogP contribution in [0, 0.1) is 0 Å². The molecule has 0 N–H and O–H groups in total. The normalized spacial score (nSPS) is 11.9. The summed E-state index contributed by atoms with van der Waals surface area (Å²) >= 11 is 0. The second kappa shape index (κ2) is 8.55. The van der Waals surface area contributed by atoms with Gasteiger partial charge in [0.2, 0.25) is 0 Å². The van der Waals surface area contributed by atoms with Crippen LogP contribution in [0.15, 0.2) is 150 Å². The van der Waals surface area contributed by atoms with Crippen LogP contribution in [0.5, 0.6) is 0 Å². The molecule has 0 spiro atoms. The summed E-state index contributed by atoms with van der Waals surface area (Å²) in [7, 11) is 0. The molecule has 9 aromatic rings. The molecule has 0 bridgehead atoms. The molecule has 0 saturated heterocycles. The van der Waals surface area contributed by atoms with Crippen LogP contribution in [0.1, 0.15) is 0 Å². The van der Waals surface area contributed by atoms with E-state index in [0.717, 1.165) is 27.5 Å². The van der Waals surface area contributed by atoms with Crippen LogP contribution >= 0.6 is 0 Å². The minimum atomic E-state index is 0.909. The fourth-order valence-corrected chi connectivity index (χ4v) is 6.78. The fourth-order valence-electron chi connectivity index (χ4n) is 6.78. The Morgan fingerprint density at radius 1 is 0.341 bits per heavy atom. The van der Waals surface area contributed by atoms with Crippen molar-refractivity contribution in [3.05, 3.63) is 146 Å². The van der Waals surface area contributed by atoms with Gasteiger partial charge in [-0.15, -0.1) is 0 Å². The standard InChI is InChI=1S/C40H24O/c1-5-14-30-25(10-1)22-26-11-2-6-15-31(26)38(30)29-20-21-34-35-18-9-19-36(40(35)41-37(34)24-29)39-32-16-7-3-12-27(32)23-28-13-4-8-17-33(28)39/h1-24H. The lowest BCUT2D eigenvalue weighted by Gasteiger charge is -2.12. The van der Waals surface area contributed by atoms with Gasteiger partial charge in [-0.25, -0.2) is 0 Å². The van der Waals surface area contributed by atoms with E-state index in [1.807, 2.05) is 0 Å². The Labute approximate surface area is 236 Å². The first kappa shape index (κ1) is 22.4. The number of rotatable bonds is 2. The highest BCUT2D eigenvalue weighted by Gasteiger charge is 2.18. The van der Waals surface area contributed by atoms with E-state index >= 15 is 0 Å². The number of para-hydroxylation sites is 1. The molecule has 9 rings (SSSR count). The topological polar surface area (TPSA) is 13.1 Å². The summed E-state index contributed by atoms with van der Waals surface area (Å²) in [5.41, 5.74) is 6.62. The van der Waals surface area contributed by atoms with Crippen molar-refractivity contribution in [2.45, 2.75) is 0 Å². The Balaban J connectivity index is 1.35. The van der Waals surface area contributed by atoms with E-state index in [1.54, 1.807) is 0 Å². The van der Waals surface area contributed by atoms with Crippen molar-refractivity contribution in [3.63, 3.8) is 0 Å². The summed E-state index contributed by atoms with van der Waals surface area (Å²) in [6, 6.07) is 52.5. The lowest BCUT2D eigenvalue weighted by Crippen LogP contribution is -1.86. The molecule has 0 radical (unpaired) electrons. The molecule has 0 aliphatic rings. The summed E-state index contributed by atoms with van der Waals surface area (Å²) in [4.78, 5) is 0. The molecule has 41 heavy (non-hydrogen) atoms. The minimum Gasteiger partial charge on any atom is -0.455 e. The highest BCUT2D eigenvalue weighted by molar-refractivity contribution is 6.19. The van der Waals surface area contributed by atoms with Crippen LogP contribution in [0.2, 0.25) is 0 Å². The third kappa shape index (κ3) is 3.30. The van der Waals surface area contributed by atoms with Crippen LogP contribution in [-0.4, -0.2) is 0 Å². The molecule has 0 saturated carbocycles. The van der Waals surface area contributed by atoms with E-state index in [1.165, 1.54) is 59.8 Å². The van der Waals surface area contributed by atoms with E-state index in [9.17, 15) is 0 Å². The van der Waals surface area contributed by atoms with Crippen molar-refractivity contribution in [3.8, 4) is 22.3 Å². The maximum Gasteiger partial charge on any atom is 0.143 e. The number of furan rings is 1. The second-order valence-electron chi connectivity index (χ2n) is 10.9.